The summed E-state index contributed by atoms with van der Waals surface area (Å²) in [6.07, 6.45) is 1.52. The molecule has 1 amide bonds. The van der Waals surface area contributed by atoms with Crippen molar-refractivity contribution in [1.82, 2.24) is 5.32 Å². The normalized spacial score (nSPS) is 12.1. The number of hydrogen-bond donors (Lipinski definition) is 3. The van der Waals surface area contributed by atoms with Crippen molar-refractivity contribution in [1.29, 1.82) is 0 Å². The Balaban J connectivity index is 2.41. The lowest BCUT2D eigenvalue weighted by molar-refractivity contribution is -0.122. The summed E-state index contributed by atoms with van der Waals surface area (Å²) < 4.78 is 0. The summed E-state index contributed by atoms with van der Waals surface area (Å²) in [5.41, 5.74) is 0.764. The smallest absolute Gasteiger partial charge is 0.220 e. The van der Waals surface area contributed by atoms with Gasteiger partial charge in [-0.2, -0.15) is 0 Å². The zero-order chi connectivity index (χ0) is 12.7. The third-order valence-electron chi connectivity index (χ3n) is 2.69. The maximum absolute atomic E-state index is 11.6. The molecule has 0 aromatic heterocycles. The number of carbonyl (C=O) groups is 1. The second-order valence-corrected chi connectivity index (χ2v) is 3.98. The summed E-state index contributed by atoms with van der Waals surface area (Å²) in [5, 5.41) is 21.2. The van der Waals surface area contributed by atoms with Gasteiger partial charge in [-0.3, -0.25) is 4.79 Å². The molecule has 0 radical (unpaired) electrons. The number of benzene rings is 1. The molecular weight excluding hydrogens is 218 g/mol. The molecule has 1 rings (SSSR count). The second kappa shape index (κ2) is 6.91. The zero-order valence-corrected chi connectivity index (χ0v) is 10.0. The van der Waals surface area contributed by atoms with Gasteiger partial charge in [-0.15, -0.1) is 0 Å². The number of para-hydroxylation sites is 1. The first-order valence-corrected chi connectivity index (χ1v) is 5.84. The first-order valence-electron chi connectivity index (χ1n) is 5.84. The molecule has 1 aromatic rings. The van der Waals surface area contributed by atoms with Gasteiger partial charge in [0.1, 0.15) is 5.75 Å². The minimum atomic E-state index is -0.174. The number of aliphatic hydroxyl groups is 1. The summed E-state index contributed by atoms with van der Waals surface area (Å²) in [5.74, 6) is 0.114. The van der Waals surface area contributed by atoms with Crippen molar-refractivity contribution in [2.45, 2.75) is 32.2 Å². The number of hydrogen-bond acceptors (Lipinski definition) is 3. The highest BCUT2D eigenvalue weighted by Gasteiger charge is 2.09. The van der Waals surface area contributed by atoms with Gasteiger partial charge < -0.3 is 15.5 Å². The van der Waals surface area contributed by atoms with Gasteiger partial charge in [0, 0.05) is 6.42 Å². The molecule has 0 bridgehead atoms. The third-order valence-corrected chi connectivity index (χ3v) is 2.69. The van der Waals surface area contributed by atoms with Crippen LogP contribution in [0.2, 0.25) is 0 Å². The van der Waals surface area contributed by atoms with Gasteiger partial charge in [0.15, 0.2) is 0 Å². The highest BCUT2D eigenvalue weighted by atomic mass is 16.3. The summed E-state index contributed by atoms with van der Waals surface area (Å²) in [6.45, 7) is 1.86. The maximum Gasteiger partial charge on any atom is 0.220 e. The first-order chi connectivity index (χ1) is 8.17. The van der Waals surface area contributed by atoms with Crippen LogP contribution in [0.5, 0.6) is 5.75 Å². The molecule has 0 unspecified atom stereocenters. The molecule has 0 aliphatic carbocycles. The van der Waals surface area contributed by atoms with Gasteiger partial charge in [0.2, 0.25) is 5.91 Å². The molecular formula is C13H19NO3. The second-order valence-electron chi connectivity index (χ2n) is 3.98. The van der Waals surface area contributed by atoms with E-state index in [1.165, 1.54) is 0 Å². The number of phenolic OH excluding ortho intramolecular Hbond substituents is 1. The van der Waals surface area contributed by atoms with Crippen molar-refractivity contribution >= 4 is 5.91 Å². The number of aromatic hydroxyl groups is 1. The molecule has 0 spiro atoms. The predicted molar refractivity (Wildman–Crippen MR) is 65.7 cm³/mol. The van der Waals surface area contributed by atoms with Crippen molar-refractivity contribution in [3.63, 3.8) is 0 Å². The molecule has 0 heterocycles. The van der Waals surface area contributed by atoms with E-state index < -0.39 is 0 Å². The van der Waals surface area contributed by atoms with Gasteiger partial charge >= 0.3 is 0 Å². The lowest BCUT2D eigenvalue weighted by atomic mass is 10.1. The number of nitrogens with one attached hydrogen (secondary N) is 1. The Morgan fingerprint density at radius 1 is 1.41 bits per heavy atom. The van der Waals surface area contributed by atoms with Crippen molar-refractivity contribution in [3.8, 4) is 5.75 Å². The molecule has 0 fully saturated rings. The van der Waals surface area contributed by atoms with Crippen LogP contribution < -0.4 is 5.32 Å². The van der Waals surface area contributed by atoms with E-state index in [2.05, 4.69) is 5.32 Å². The molecule has 0 aliphatic heterocycles. The van der Waals surface area contributed by atoms with Crippen LogP contribution in [-0.2, 0) is 11.2 Å². The fourth-order valence-corrected chi connectivity index (χ4v) is 1.55. The van der Waals surface area contributed by atoms with Crippen molar-refractivity contribution in [2.24, 2.45) is 0 Å². The Morgan fingerprint density at radius 3 is 2.71 bits per heavy atom. The molecule has 0 aliphatic rings. The Labute approximate surface area is 101 Å². The molecule has 1 aromatic carbocycles. The molecule has 17 heavy (non-hydrogen) atoms. The van der Waals surface area contributed by atoms with Crippen LogP contribution in [0.25, 0.3) is 0 Å². The Bertz CT molecular complexity index is 361. The van der Waals surface area contributed by atoms with Crippen molar-refractivity contribution in [2.75, 3.05) is 6.61 Å². The first kappa shape index (κ1) is 13.5. The van der Waals surface area contributed by atoms with Crippen molar-refractivity contribution < 1.29 is 15.0 Å². The van der Waals surface area contributed by atoms with Crippen LogP contribution >= 0.6 is 0 Å². The van der Waals surface area contributed by atoms with Gasteiger partial charge in [-0.05, 0) is 24.5 Å². The largest absolute Gasteiger partial charge is 0.508 e. The topological polar surface area (TPSA) is 69.6 Å². The molecule has 3 N–H and O–H groups in total. The van der Waals surface area contributed by atoms with Gasteiger partial charge in [-0.1, -0.05) is 25.1 Å². The van der Waals surface area contributed by atoms with E-state index in [4.69, 9.17) is 5.11 Å². The monoisotopic (exact) mass is 237 g/mol. The maximum atomic E-state index is 11.6. The van der Waals surface area contributed by atoms with Crippen LogP contribution in [-0.4, -0.2) is 28.8 Å². The van der Waals surface area contributed by atoms with E-state index >= 15 is 0 Å². The number of amides is 1. The van der Waals surface area contributed by atoms with Gasteiger partial charge in [0.25, 0.3) is 0 Å². The molecule has 4 heteroatoms. The highest BCUT2D eigenvalue weighted by Crippen LogP contribution is 2.17. The number of aliphatic hydroxyl groups excluding tert-OH is 1. The van der Waals surface area contributed by atoms with E-state index in [1.807, 2.05) is 13.0 Å². The third kappa shape index (κ3) is 4.44. The molecule has 94 valence electrons. The van der Waals surface area contributed by atoms with Crippen LogP contribution in [0.15, 0.2) is 24.3 Å². The van der Waals surface area contributed by atoms with E-state index in [0.717, 1.165) is 5.56 Å². The summed E-state index contributed by atoms with van der Waals surface area (Å²) in [7, 11) is 0. The van der Waals surface area contributed by atoms with Crippen molar-refractivity contribution in [3.05, 3.63) is 29.8 Å². The number of phenols is 1. The fraction of sp³-hybridized carbons (Fsp3) is 0.462. The van der Waals surface area contributed by atoms with Gasteiger partial charge in [-0.25, -0.2) is 0 Å². The molecule has 1 atom stereocenters. The SMILES string of the molecule is CC[C@@H](CO)NC(=O)CCc1ccccc1O. The summed E-state index contributed by atoms with van der Waals surface area (Å²) >= 11 is 0. The average Bonchev–Trinajstić information content (AvgIpc) is 2.35. The Morgan fingerprint density at radius 2 is 2.12 bits per heavy atom. The Hall–Kier alpha value is -1.55. The standard InChI is InChI=1S/C13H19NO3/c1-2-11(9-15)14-13(17)8-7-10-5-3-4-6-12(10)16/h3-6,11,15-16H,2,7-9H2,1H3,(H,14,17)/t11-/m0/s1. The lowest BCUT2D eigenvalue weighted by Gasteiger charge is -2.13. The number of carbonyl (C=O) groups excluding carboxylic acids is 1. The van der Waals surface area contributed by atoms with E-state index in [0.29, 0.717) is 19.3 Å². The van der Waals surface area contributed by atoms with E-state index in [1.54, 1.807) is 18.2 Å². The predicted octanol–water partition coefficient (Wildman–Crippen LogP) is 1.21. The van der Waals surface area contributed by atoms with Crippen LogP contribution in [0.3, 0.4) is 0 Å². The molecule has 0 saturated carbocycles. The zero-order valence-electron chi connectivity index (χ0n) is 10.0. The van der Waals surface area contributed by atoms with Crippen LogP contribution in [0.1, 0.15) is 25.3 Å². The fourth-order valence-electron chi connectivity index (χ4n) is 1.55. The lowest BCUT2D eigenvalue weighted by Crippen LogP contribution is -2.37. The van der Waals surface area contributed by atoms with E-state index in [9.17, 15) is 9.90 Å². The van der Waals surface area contributed by atoms with Crippen LogP contribution in [0, 0.1) is 0 Å². The van der Waals surface area contributed by atoms with Crippen LogP contribution in [0.4, 0.5) is 0 Å². The van der Waals surface area contributed by atoms with E-state index in [-0.39, 0.29) is 24.3 Å². The average molecular weight is 237 g/mol. The van der Waals surface area contributed by atoms with Gasteiger partial charge in [0.05, 0.1) is 12.6 Å². The Kier molecular flexibility index (Phi) is 5.49. The minimum Gasteiger partial charge on any atom is -0.508 e. The molecule has 4 nitrogen and oxygen atoms in total. The summed E-state index contributed by atoms with van der Waals surface area (Å²) in [6, 6.07) is 6.81. The molecule has 0 saturated heterocycles. The highest BCUT2D eigenvalue weighted by molar-refractivity contribution is 5.76. The summed E-state index contributed by atoms with van der Waals surface area (Å²) in [4.78, 5) is 11.6. The quantitative estimate of drug-likeness (QED) is 0.696. The number of rotatable bonds is 6. The number of aryl methyl sites for hydroxylation is 1. The minimum absolute atomic E-state index is 0.0428.